The standard InChI is InChI=1S/C16H17NO/c1-3-13-4-6-14(7-5-13)15-8-9-17-16(10-15)12(2)11-18/h4-11,18H,3H2,1-2H3/b12-11-. The Kier molecular flexibility index (Phi) is 3.78. The van der Waals surface area contributed by atoms with Gasteiger partial charge in [0, 0.05) is 11.8 Å². The molecule has 0 spiro atoms. The summed E-state index contributed by atoms with van der Waals surface area (Å²) >= 11 is 0. The topological polar surface area (TPSA) is 33.1 Å². The van der Waals surface area contributed by atoms with Crippen LogP contribution in [-0.4, -0.2) is 10.1 Å². The molecule has 1 N–H and O–H groups in total. The molecule has 0 aliphatic carbocycles. The minimum absolute atomic E-state index is 0.766. The van der Waals surface area contributed by atoms with Crippen molar-refractivity contribution in [3.63, 3.8) is 0 Å². The monoisotopic (exact) mass is 239 g/mol. The highest BCUT2D eigenvalue weighted by molar-refractivity contribution is 5.69. The Hall–Kier alpha value is -2.09. The van der Waals surface area contributed by atoms with Crippen molar-refractivity contribution in [3.05, 3.63) is 60.1 Å². The minimum atomic E-state index is 0.766. The number of aliphatic hydroxyl groups excluding tert-OH is 1. The lowest BCUT2D eigenvalue weighted by molar-refractivity contribution is 0.475. The van der Waals surface area contributed by atoms with Crippen LogP contribution in [0.5, 0.6) is 0 Å². The Balaban J connectivity index is 2.38. The quantitative estimate of drug-likeness (QED) is 0.813. The molecule has 0 fully saturated rings. The number of hydrogen-bond donors (Lipinski definition) is 1. The molecular weight excluding hydrogens is 222 g/mol. The number of pyridine rings is 1. The lowest BCUT2D eigenvalue weighted by atomic mass is 10.0. The van der Waals surface area contributed by atoms with Crippen molar-refractivity contribution >= 4 is 5.57 Å². The molecule has 0 aliphatic heterocycles. The van der Waals surface area contributed by atoms with Gasteiger partial charge in [-0.3, -0.25) is 4.98 Å². The van der Waals surface area contributed by atoms with E-state index in [9.17, 15) is 0 Å². The van der Waals surface area contributed by atoms with Gasteiger partial charge in [0.25, 0.3) is 0 Å². The summed E-state index contributed by atoms with van der Waals surface area (Å²) in [7, 11) is 0. The van der Waals surface area contributed by atoms with Gasteiger partial charge in [-0.15, -0.1) is 0 Å². The third kappa shape index (κ3) is 2.59. The third-order valence-corrected chi connectivity index (χ3v) is 3.05. The molecule has 0 saturated carbocycles. The van der Waals surface area contributed by atoms with Crippen molar-refractivity contribution in [1.29, 1.82) is 0 Å². The fourth-order valence-corrected chi connectivity index (χ4v) is 1.82. The van der Waals surface area contributed by atoms with Crippen molar-refractivity contribution in [2.24, 2.45) is 0 Å². The maximum atomic E-state index is 9.02. The van der Waals surface area contributed by atoms with Crippen molar-refractivity contribution in [2.45, 2.75) is 20.3 Å². The zero-order valence-electron chi connectivity index (χ0n) is 10.7. The molecule has 0 aliphatic rings. The van der Waals surface area contributed by atoms with Gasteiger partial charge in [-0.05, 0) is 42.2 Å². The second-order valence-corrected chi connectivity index (χ2v) is 4.29. The molecule has 0 radical (unpaired) electrons. The van der Waals surface area contributed by atoms with E-state index in [0.29, 0.717) is 0 Å². The summed E-state index contributed by atoms with van der Waals surface area (Å²) in [6.07, 6.45) is 3.91. The number of nitrogens with zero attached hydrogens (tertiary/aromatic N) is 1. The molecule has 92 valence electrons. The second kappa shape index (κ2) is 5.50. The number of aliphatic hydroxyl groups is 1. The summed E-state index contributed by atoms with van der Waals surface area (Å²) in [6.45, 7) is 3.99. The maximum Gasteiger partial charge on any atom is 0.0842 e. The molecule has 0 atom stereocenters. The van der Waals surface area contributed by atoms with Crippen LogP contribution in [0.4, 0.5) is 0 Å². The molecule has 1 aromatic heterocycles. The summed E-state index contributed by atoms with van der Waals surface area (Å²) in [5, 5.41) is 9.02. The lowest BCUT2D eigenvalue weighted by Gasteiger charge is -2.05. The van der Waals surface area contributed by atoms with E-state index in [2.05, 4.69) is 36.2 Å². The molecule has 0 bridgehead atoms. The van der Waals surface area contributed by atoms with Crippen LogP contribution < -0.4 is 0 Å². The van der Waals surface area contributed by atoms with Crippen LogP contribution in [0.1, 0.15) is 25.1 Å². The average molecular weight is 239 g/mol. The van der Waals surface area contributed by atoms with Gasteiger partial charge in [0.15, 0.2) is 0 Å². The minimum Gasteiger partial charge on any atom is -0.515 e. The molecule has 0 saturated heterocycles. The summed E-state index contributed by atoms with van der Waals surface area (Å²) in [5.41, 5.74) is 5.18. The van der Waals surface area contributed by atoms with E-state index in [-0.39, 0.29) is 0 Å². The van der Waals surface area contributed by atoms with Crippen LogP contribution in [0.2, 0.25) is 0 Å². The van der Waals surface area contributed by atoms with Crippen molar-refractivity contribution in [1.82, 2.24) is 4.98 Å². The van der Waals surface area contributed by atoms with Gasteiger partial charge in [0.2, 0.25) is 0 Å². The highest BCUT2D eigenvalue weighted by Gasteiger charge is 2.02. The third-order valence-electron chi connectivity index (χ3n) is 3.05. The Labute approximate surface area is 108 Å². The van der Waals surface area contributed by atoms with E-state index < -0.39 is 0 Å². The molecule has 2 heteroatoms. The summed E-state index contributed by atoms with van der Waals surface area (Å²) in [4.78, 5) is 4.24. The van der Waals surface area contributed by atoms with Gasteiger partial charge < -0.3 is 5.11 Å². The van der Waals surface area contributed by atoms with Crippen molar-refractivity contribution in [2.75, 3.05) is 0 Å². The smallest absolute Gasteiger partial charge is 0.0842 e. The number of allylic oxidation sites excluding steroid dienone is 1. The van der Waals surface area contributed by atoms with Gasteiger partial charge in [0.1, 0.15) is 0 Å². The first-order valence-electron chi connectivity index (χ1n) is 6.11. The van der Waals surface area contributed by atoms with Gasteiger partial charge in [-0.2, -0.15) is 0 Å². The van der Waals surface area contributed by atoms with Gasteiger partial charge >= 0.3 is 0 Å². The van der Waals surface area contributed by atoms with Crippen LogP contribution in [0.15, 0.2) is 48.9 Å². The zero-order chi connectivity index (χ0) is 13.0. The van der Waals surface area contributed by atoms with E-state index in [1.54, 1.807) is 6.20 Å². The largest absolute Gasteiger partial charge is 0.515 e. The summed E-state index contributed by atoms with van der Waals surface area (Å²) < 4.78 is 0. The zero-order valence-corrected chi connectivity index (χ0v) is 10.7. The molecule has 2 aromatic rings. The summed E-state index contributed by atoms with van der Waals surface area (Å²) in [6, 6.07) is 12.5. The highest BCUT2D eigenvalue weighted by atomic mass is 16.2. The van der Waals surface area contributed by atoms with Crippen molar-refractivity contribution < 1.29 is 5.11 Å². The second-order valence-electron chi connectivity index (χ2n) is 4.29. The molecule has 0 amide bonds. The molecule has 1 heterocycles. The molecule has 0 unspecified atom stereocenters. The fourth-order valence-electron chi connectivity index (χ4n) is 1.82. The van der Waals surface area contributed by atoms with Crippen LogP contribution in [0.3, 0.4) is 0 Å². The van der Waals surface area contributed by atoms with E-state index in [0.717, 1.165) is 29.5 Å². The number of hydrogen-bond acceptors (Lipinski definition) is 2. The Morgan fingerprint density at radius 1 is 1.17 bits per heavy atom. The Morgan fingerprint density at radius 2 is 1.89 bits per heavy atom. The van der Waals surface area contributed by atoms with Crippen LogP contribution in [0, 0.1) is 0 Å². The van der Waals surface area contributed by atoms with Crippen LogP contribution >= 0.6 is 0 Å². The van der Waals surface area contributed by atoms with Crippen LogP contribution in [0.25, 0.3) is 16.7 Å². The Bertz CT molecular complexity index is 556. The van der Waals surface area contributed by atoms with Gasteiger partial charge in [-0.25, -0.2) is 0 Å². The normalized spacial score (nSPS) is 11.6. The van der Waals surface area contributed by atoms with E-state index in [4.69, 9.17) is 5.11 Å². The van der Waals surface area contributed by atoms with E-state index in [1.807, 2.05) is 19.1 Å². The van der Waals surface area contributed by atoms with Crippen LogP contribution in [-0.2, 0) is 6.42 Å². The van der Waals surface area contributed by atoms with E-state index in [1.165, 1.54) is 11.1 Å². The lowest BCUT2D eigenvalue weighted by Crippen LogP contribution is -1.88. The highest BCUT2D eigenvalue weighted by Crippen LogP contribution is 2.22. The SMILES string of the molecule is CCc1ccc(-c2ccnc(/C(C)=C\O)c2)cc1. The van der Waals surface area contributed by atoms with Gasteiger partial charge in [-0.1, -0.05) is 31.2 Å². The predicted octanol–water partition coefficient (Wildman–Crippen LogP) is 4.23. The number of benzene rings is 1. The first-order chi connectivity index (χ1) is 8.74. The van der Waals surface area contributed by atoms with Gasteiger partial charge in [0.05, 0.1) is 12.0 Å². The summed E-state index contributed by atoms with van der Waals surface area (Å²) in [5.74, 6) is 0. The predicted molar refractivity (Wildman–Crippen MR) is 75.3 cm³/mol. The molecule has 2 nitrogen and oxygen atoms in total. The Morgan fingerprint density at radius 3 is 2.50 bits per heavy atom. The maximum absolute atomic E-state index is 9.02. The molecule has 1 aromatic carbocycles. The van der Waals surface area contributed by atoms with Crippen molar-refractivity contribution in [3.8, 4) is 11.1 Å². The number of aromatic nitrogens is 1. The number of rotatable bonds is 3. The first kappa shape index (κ1) is 12.4. The molecular formula is C16H17NO. The fraction of sp³-hybridized carbons (Fsp3) is 0.188. The van der Waals surface area contributed by atoms with E-state index >= 15 is 0 Å². The molecule has 18 heavy (non-hydrogen) atoms. The number of aryl methyl sites for hydroxylation is 1. The first-order valence-corrected chi connectivity index (χ1v) is 6.11. The average Bonchev–Trinajstić information content (AvgIpc) is 2.46. The molecule has 2 rings (SSSR count).